The van der Waals surface area contributed by atoms with E-state index in [0.29, 0.717) is 12.0 Å². The van der Waals surface area contributed by atoms with E-state index in [4.69, 9.17) is 0 Å². The van der Waals surface area contributed by atoms with Crippen LogP contribution in [0, 0.1) is 6.92 Å². The lowest BCUT2D eigenvalue weighted by Crippen LogP contribution is -2.36. The predicted molar refractivity (Wildman–Crippen MR) is 90.4 cm³/mol. The molecule has 0 radical (unpaired) electrons. The molecule has 0 atom stereocenters. The molecular weight excluding hydrogens is 272 g/mol. The molecule has 0 unspecified atom stereocenters. The zero-order valence-electron chi connectivity index (χ0n) is 13.7. The smallest absolute Gasteiger partial charge is 0.251 e. The lowest BCUT2D eigenvalue weighted by Gasteiger charge is -2.26. The Morgan fingerprint density at radius 2 is 1.82 bits per heavy atom. The summed E-state index contributed by atoms with van der Waals surface area (Å²) in [6.07, 6.45) is 8.44. The van der Waals surface area contributed by atoms with Crippen LogP contribution in [0.25, 0.3) is 0 Å². The standard InChI is InChI=1S/C19H28N2O/c1-14-17(15-10-12-20-13-11-15)8-5-9-18(14)19(22)21-16-6-3-2-4-7-16/h5,8-9,15-16,20H,2-4,6-7,10-13H2,1H3,(H,21,22). The molecule has 1 aromatic rings. The molecule has 1 saturated heterocycles. The van der Waals surface area contributed by atoms with Gasteiger partial charge in [-0.3, -0.25) is 4.79 Å². The van der Waals surface area contributed by atoms with Crippen molar-refractivity contribution < 1.29 is 4.79 Å². The Labute approximate surface area is 133 Å². The minimum absolute atomic E-state index is 0.125. The van der Waals surface area contributed by atoms with E-state index in [-0.39, 0.29) is 5.91 Å². The Hall–Kier alpha value is -1.35. The molecule has 3 nitrogen and oxygen atoms in total. The SMILES string of the molecule is Cc1c(C(=O)NC2CCCCC2)cccc1C1CCNCC1. The first-order valence-corrected chi connectivity index (χ1v) is 8.87. The van der Waals surface area contributed by atoms with Crippen molar-refractivity contribution in [2.45, 2.75) is 63.8 Å². The fraction of sp³-hybridized carbons (Fsp3) is 0.632. The van der Waals surface area contributed by atoms with Crippen molar-refractivity contribution >= 4 is 5.91 Å². The fourth-order valence-electron chi connectivity index (χ4n) is 3.98. The summed E-state index contributed by atoms with van der Waals surface area (Å²) in [6, 6.07) is 6.63. The van der Waals surface area contributed by atoms with Crippen LogP contribution in [0.1, 0.15) is 72.3 Å². The van der Waals surface area contributed by atoms with Gasteiger partial charge in [-0.25, -0.2) is 0 Å². The van der Waals surface area contributed by atoms with Crippen LogP contribution in [0.5, 0.6) is 0 Å². The third-order valence-corrected chi connectivity index (χ3v) is 5.34. The minimum Gasteiger partial charge on any atom is -0.349 e. The maximum atomic E-state index is 12.6. The molecular formula is C19H28N2O. The summed E-state index contributed by atoms with van der Waals surface area (Å²) in [5.74, 6) is 0.726. The monoisotopic (exact) mass is 300 g/mol. The highest BCUT2D eigenvalue weighted by atomic mass is 16.1. The van der Waals surface area contributed by atoms with E-state index in [2.05, 4.69) is 29.7 Å². The number of rotatable bonds is 3. The summed E-state index contributed by atoms with van der Waals surface area (Å²) in [4.78, 5) is 12.6. The van der Waals surface area contributed by atoms with Gasteiger partial charge in [0.15, 0.2) is 0 Å². The zero-order chi connectivity index (χ0) is 15.4. The van der Waals surface area contributed by atoms with Crippen molar-refractivity contribution in [2.24, 2.45) is 0 Å². The summed E-state index contributed by atoms with van der Waals surface area (Å²) >= 11 is 0. The average molecular weight is 300 g/mol. The predicted octanol–water partition coefficient (Wildman–Crippen LogP) is 3.52. The summed E-state index contributed by atoms with van der Waals surface area (Å²) < 4.78 is 0. The molecule has 120 valence electrons. The summed E-state index contributed by atoms with van der Waals surface area (Å²) in [6.45, 7) is 4.29. The number of piperidine rings is 1. The first-order chi connectivity index (χ1) is 10.8. The largest absolute Gasteiger partial charge is 0.349 e. The molecule has 1 aliphatic heterocycles. The Morgan fingerprint density at radius 1 is 1.09 bits per heavy atom. The Morgan fingerprint density at radius 3 is 2.55 bits per heavy atom. The summed E-state index contributed by atoms with van der Waals surface area (Å²) in [5.41, 5.74) is 3.43. The van der Waals surface area contributed by atoms with E-state index in [1.807, 2.05) is 6.07 Å². The lowest BCUT2D eigenvalue weighted by molar-refractivity contribution is 0.0927. The topological polar surface area (TPSA) is 41.1 Å². The van der Waals surface area contributed by atoms with Crippen LogP contribution in [0.4, 0.5) is 0 Å². The van der Waals surface area contributed by atoms with Crippen LogP contribution >= 0.6 is 0 Å². The molecule has 2 N–H and O–H groups in total. The maximum absolute atomic E-state index is 12.6. The van der Waals surface area contributed by atoms with E-state index in [0.717, 1.165) is 31.5 Å². The molecule has 22 heavy (non-hydrogen) atoms. The van der Waals surface area contributed by atoms with Crippen LogP contribution < -0.4 is 10.6 Å². The second kappa shape index (κ2) is 7.28. The number of hydrogen-bond acceptors (Lipinski definition) is 2. The first-order valence-electron chi connectivity index (χ1n) is 8.87. The van der Waals surface area contributed by atoms with Gasteiger partial charge in [0.2, 0.25) is 0 Å². The number of amides is 1. The Kier molecular flexibility index (Phi) is 5.14. The van der Waals surface area contributed by atoms with Gasteiger partial charge < -0.3 is 10.6 Å². The molecule has 1 heterocycles. The molecule has 1 aromatic carbocycles. The van der Waals surface area contributed by atoms with E-state index in [1.54, 1.807) is 0 Å². The summed E-state index contributed by atoms with van der Waals surface area (Å²) in [5, 5.41) is 6.67. The minimum atomic E-state index is 0.125. The molecule has 2 aliphatic rings. The molecule has 0 spiro atoms. The summed E-state index contributed by atoms with van der Waals surface area (Å²) in [7, 11) is 0. The third kappa shape index (κ3) is 3.52. The second-order valence-corrected chi connectivity index (χ2v) is 6.85. The van der Waals surface area contributed by atoms with E-state index in [9.17, 15) is 4.79 Å². The highest BCUT2D eigenvalue weighted by Gasteiger charge is 2.22. The quantitative estimate of drug-likeness (QED) is 0.896. The Bertz CT molecular complexity index is 514. The van der Waals surface area contributed by atoms with Crippen molar-refractivity contribution in [2.75, 3.05) is 13.1 Å². The highest BCUT2D eigenvalue weighted by Crippen LogP contribution is 2.29. The van der Waals surface area contributed by atoms with Gasteiger partial charge in [0.25, 0.3) is 5.91 Å². The first kappa shape index (κ1) is 15.5. The van der Waals surface area contributed by atoms with Gasteiger partial charge >= 0.3 is 0 Å². The van der Waals surface area contributed by atoms with Gasteiger partial charge in [-0.15, -0.1) is 0 Å². The number of nitrogens with one attached hydrogen (secondary N) is 2. The third-order valence-electron chi connectivity index (χ3n) is 5.34. The van der Waals surface area contributed by atoms with Crippen molar-refractivity contribution in [3.8, 4) is 0 Å². The van der Waals surface area contributed by atoms with Crippen LogP contribution in [0.2, 0.25) is 0 Å². The van der Waals surface area contributed by atoms with Gasteiger partial charge in [0.05, 0.1) is 0 Å². The van der Waals surface area contributed by atoms with Crippen molar-refractivity contribution in [1.29, 1.82) is 0 Å². The maximum Gasteiger partial charge on any atom is 0.251 e. The van der Waals surface area contributed by atoms with Crippen LogP contribution in [-0.4, -0.2) is 25.0 Å². The van der Waals surface area contributed by atoms with Gasteiger partial charge in [-0.1, -0.05) is 31.4 Å². The zero-order valence-corrected chi connectivity index (χ0v) is 13.7. The Balaban J connectivity index is 1.73. The normalized spacial score (nSPS) is 20.8. The molecule has 2 fully saturated rings. The molecule has 0 bridgehead atoms. The number of carbonyl (C=O) groups is 1. The van der Waals surface area contributed by atoms with Gasteiger partial charge in [-0.05, 0) is 68.8 Å². The molecule has 1 saturated carbocycles. The van der Waals surface area contributed by atoms with Gasteiger partial charge in [0.1, 0.15) is 0 Å². The van der Waals surface area contributed by atoms with Crippen LogP contribution in [0.3, 0.4) is 0 Å². The van der Waals surface area contributed by atoms with Crippen molar-refractivity contribution in [1.82, 2.24) is 10.6 Å². The van der Waals surface area contributed by atoms with E-state index < -0.39 is 0 Å². The fourth-order valence-corrected chi connectivity index (χ4v) is 3.98. The highest BCUT2D eigenvalue weighted by molar-refractivity contribution is 5.96. The molecule has 3 rings (SSSR count). The number of carbonyl (C=O) groups excluding carboxylic acids is 1. The van der Waals surface area contributed by atoms with Crippen molar-refractivity contribution in [3.05, 3.63) is 34.9 Å². The van der Waals surface area contributed by atoms with E-state index >= 15 is 0 Å². The average Bonchev–Trinajstić information content (AvgIpc) is 2.56. The van der Waals surface area contributed by atoms with E-state index in [1.165, 1.54) is 43.2 Å². The number of hydrogen-bond donors (Lipinski definition) is 2. The second-order valence-electron chi connectivity index (χ2n) is 6.85. The van der Waals surface area contributed by atoms with Crippen LogP contribution in [-0.2, 0) is 0 Å². The lowest BCUT2D eigenvalue weighted by atomic mass is 9.85. The van der Waals surface area contributed by atoms with Gasteiger partial charge in [0, 0.05) is 11.6 Å². The molecule has 1 amide bonds. The number of benzene rings is 1. The van der Waals surface area contributed by atoms with Gasteiger partial charge in [-0.2, -0.15) is 0 Å². The molecule has 0 aromatic heterocycles. The molecule has 1 aliphatic carbocycles. The van der Waals surface area contributed by atoms with Crippen molar-refractivity contribution in [3.63, 3.8) is 0 Å². The van der Waals surface area contributed by atoms with Crippen LogP contribution in [0.15, 0.2) is 18.2 Å². The molecule has 3 heteroatoms.